The molecule has 0 saturated heterocycles. The predicted molar refractivity (Wildman–Crippen MR) is 67.7 cm³/mol. The Labute approximate surface area is 115 Å². The van der Waals surface area contributed by atoms with Crippen LogP contribution in [0.25, 0.3) is 0 Å². The van der Waals surface area contributed by atoms with Crippen LogP contribution in [-0.2, 0) is 29.6 Å². The first-order valence-electron chi connectivity index (χ1n) is 5.72. The van der Waals surface area contributed by atoms with Crippen molar-refractivity contribution < 1.29 is 14.1 Å². The summed E-state index contributed by atoms with van der Waals surface area (Å²) in [6.07, 6.45) is 1.65. The summed E-state index contributed by atoms with van der Waals surface area (Å²) in [5.74, 6) is 0.875. The average molecular weight is 284 g/mol. The summed E-state index contributed by atoms with van der Waals surface area (Å²) in [7, 11) is 1.76. The molecule has 0 aromatic carbocycles. The van der Waals surface area contributed by atoms with Gasteiger partial charge in [0.2, 0.25) is 0 Å². The fourth-order valence-corrected chi connectivity index (χ4v) is 1.80. The molecular formula is C12H14ClN3O3. The number of imidazole rings is 1. The molecule has 2 aromatic rings. The van der Waals surface area contributed by atoms with Gasteiger partial charge in [-0.3, -0.25) is 4.79 Å². The van der Waals surface area contributed by atoms with E-state index in [1.54, 1.807) is 25.5 Å². The number of rotatable bonds is 4. The lowest BCUT2D eigenvalue weighted by Crippen LogP contribution is -2.11. The minimum absolute atomic E-state index is 0.0887. The Kier molecular flexibility index (Phi) is 3.90. The van der Waals surface area contributed by atoms with E-state index in [2.05, 4.69) is 10.1 Å². The second kappa shape index (κ2) is 5.44. The molecule has 19 heavy (non-hydrogen) atoms. The van der Waals surface area contributed by atoms with Crippen molar-refractivity contribution in [1.29, 1.82) is 0 Å². The number of esters is 1. The summed E-state index contributed by atoms with van der Waals surface area (Å²) in [4.78, 5) is 15.8. The van der Waals surface area contributed by atoms with E-state index >= 15 is 0 Å². The highest BCUT2D eigenvalue weighted by Crippen LogP contribution is 2.14. The molecule has 0 aliphatic heterocycles. The van der Waals surface area contributed by atoms with E-state index in [4.69, 9.17) is 20.9 Å². The first kappa shape index (κ1) is 13.6. The van der Waals surface area contributed by atoms with Crippen LogP contribution in [-0.4, -0.2) is 20.7 Å². The maximum atomic E-state index is 11.7. The van der Waals surface area contributed by atoms with Crippen molar-refractivity contribution in [1.82, 2.24) is 14.7 Å². The molecule has 2 heterocycles. The molecule has 0 aliphatic rings. The third-order valence-electron chi connectivity index (χ3n) is 2.89. The smallest absolute Gasteiger partial charge is 0.310 e. The third kappa shape index (κ3) is 2.96. The second-order valence-corrected chi connectivity index (χ2v) is 4.58. The van der Waals surface area contributed by atoms with Gasteiger partial charge in [0.15, 0.2) is 0 Å². The van der Waals surface area contributed by atoms with Crippen LogP contribution in [0.4, 0.5) is 0 Å². The lowest BCUT2D eigenvalue weighted by molar-refractivity contribution is -0.144. The molecule has 0 N–H and O–H groups in total. The first-order chi connectivity index (χ1) is 8.99. The van der Waals surface area contributed by atoms with Crippen LogP contribution in [0.1, 0.15) is 22.8 Å². The fraction of sp³-hybridized carbons (Fsp3) is 0.417. The zero-order chi connectivity index (χ0) is 14.0. The third-order valence-corrected chi connectivity index (χ3v) is 3.24. The van der Waals surface area contributed by atoms with Gasteiger partial charge in [0.05, 0.1) is 18.3 Å². The number of halogens is 1. The number of aromatic nitrogens is 3. The largest absolute Gasteiger partial charge is 0.457 e. The molecule has 2 rings (SSSR count). The van der Waals surface area contributed by atoms with Crippen LogP contribution in [0.15, 0.2) is 10.7 Å². The average Bonchev–Trinajstić information content (AvgIpc) is 2.85. The lowest BCUT2D eigenvalue weighted by atomic mass is 10.1. The lowest BCUT2D eigenvalue weighted by Gasteiger charge is -2.05. The SMILES string of the molecule is Cc1noc(C)c1CC(=O)OCc1ncc(Cl)n1C. The first-order valence-corrected chi connectivity index (χ1v) is 6.10. The molecule has 0 bridgehead atoms. The fourth-order valence-electron chi connectivity index (χ4n) is 1.65. The molecule has 0 radical (unpaired) electrons. The summed E-state index contributed by atoms with van der Waals surface area (Å²) in [6, 6.07) is 0. The topological polar surface area (TPSA) is 70.2 Å². The second-order valence-electron chi connectivity index (χ2n) is 4.20. The van der Waals surface area contributed by atoms with E-state index in [-0.39, 0.29) is 19.0 Å². The number of hydrogen-bond donors (Lipinski definition) is 0. The van der Waals surface area contributed by atoms with Crippen LogP contribution >= 0.6 is 11.6 Å². The molecule has 0 atom stereocenters. The zero-order valence-electron chi connectivity index (χ0n) is 10.9. The van der Waals surface area contributed by atoms with Gasteiger partial charge in [-0.05, 0) is 13.8 Å². The number of carbonyl (C=O) groups excluding carboxylic acids is 1. The molecule has 6 nitrogen and oxygen atoms in total. The van der Waals surface area contributed by atoms with Gasteiger partial charge in [-0.15, -0.1) is 0 Å². The van der Waals surface area contributed by atoms with E-state index in [1.165, 1.54) is 6.20 Å². The normalized spacial score (nSPS) is 10.7. The Morgan fingerprint density at radius 3 is 2.79 bits per heavy atom. The minimum Gasteiger partial charge on any atom is -0.457 e. The van der Waals surface area contributed by atoms with Gasteiger partial charge in [0, 0.05) is 12.6 Å². The highest BCUT2D eigenvalue weighted by molar-refractivity contribution is 6.29. The van der Waals surface area contributed by atoms with Crippen LogP contribution in [0, 0.1) is 13.8 Å². The molecule has 0 spiro atoms. The Hall–Kier alpha value is -1.82. The van der Waals surface area contributed by atoms with Crippen molar-refractivity contribution in [3.8, 4) is 0 Å². The predicted octanol–water partition coefficient (Wildman–Crippen LogP) is 1.96. The molecule has 0 fully saturated rings. The standard InChI is InChI=1S/C12H14ClN3O3/c1-7-9(8(2)19-15-7)4-12(17)18-6-11-14-5-10(13)16(11)3/h5H,4,6H2,1-3H3. The Morgan fingerprint density at radius 2 is 2.26 bits per heavy atom. The number of aryl methyl sites for hydroxylation is 2. The summed E-state index contributed by atoms with van der Waals surface area (Å²) in [5, 5.41) is 4.29. The maximum absolute atomic E-state index is 11.7. The molecule has 0 saturated carbocycles. The van der Waals surface area contributed by atoms with Gasteiger partial charge in [-0.2, -0.15) is 0 Å². The Balaban J connectivity index is 1.94. The van der Waals surface area contributed by atoms with Gasteiger partial charge in [0.25, 0.3) is 0 Å². The van der Waals surface area contributed by atoms with E-state index in [0.29, 0.717) is 22.4 Å². The van der Waals surface area contributed by atoms with Gasteiger partial charge in [-0.1, -0.05) is 16.8 Å². The van der Waals surface area contributed by atoms with Crippen LogP contribution < -0.4 is 0 Å². The van der Waals surface area contributed by atoms with Crippen molar-refractivity contribution in [3.05, 3.63) is 34.2 Å². The molecule has 0 unspecified atom stereocenters. The van der Waals surface area contributed by atoms with Crippen LogP contribution in [0.3, 0.4) is 0 Å². The zero-order valence-corrected chi connectivity index (χ0v) is 11.7. The van der Waals surface area contributed by atoms with E-state index in [9.17, 15) is 4.79 Å². The molecule has 0 aliphatic carbocycles. The number of hydrogen-bond acceptors (Lipinski definition) is 5. The van der Waals surface area contributed by atoms with Gasteiger partial charge < -0.3 is 13.8 Å². The summed E-state index contributed by atoms with van der Waals surface area (Å²) in [6.45, 7) is 3.64. The highest BCUT2D eigenvalue weighted by atomic mass is 35.5. The van der Waals surface area contributed by atoms with Crippen molar-refractivity contribution in [2.24, 2.45) is 7.05 Å². The quantitative estimate of drug-likeness (QED) is 0.802. The Bertz CT molecular complexity index is 584. The highest BCUT2D eigenvalue weighted by Gasteiger charge is 2.15. The molecule has 2 aromatic heterocycles. The molecular weight excluding hydrogens is 270 g/mol. The number of ether oxygens (including phenoxy) is 1. The van der Waals surface area contributed by atoms with Crippen LogP contribution in [0.5, 0.6) is 0 Å². The summed E-state index contributed by atoms with van der Waals surface area (Å²) >= 11 is 5.84. The summed E-state index contributed by atoms with van der Waals surface area (Å²) in [5.41, 5.74) is 1.47. The summed E-state index contributed by atoms with van der Waals surface area (Å²) < 4.78 is 11.8. The van der Waals surface area contributed by atoms with E-state index in [1.807, 2.05) is 0 Å². The van der Waals surface area contributed by atoms with Gasteiger partial charge >= 0.3 is 5.97 Å². The monoisotopic (exact) mass is 283 g/mol. The van der Waals surface area contributed by atoms with Gasteiger partial charge in [-0.25, -0.2) is 4.98 Å². The minimum atomic E-state index is -0.353. The number of nitrogens with zero attached hydrogens (tertiary/aromatic N) is 3. The maximum Gasteiger partial charge on any atom is 0.310 e. The number of carbonyl (C=O) groups is 1. The van der Waals surface area contributed by atoms with Crippen LogP contribution in [0.2, 0.25) is 5.15 Å². The van der Waals surface area contributed by atoms with Crippen molar-refractivity contribution in [2.45, 2.75) is 26.9 Å². The van der Waals surface area contributed by atoms with Crippen molar-refractivity contribution in [2.75, 3.05) is 0 Å². The van der Waals surface area contributed by atoms with Crippen molar-refractivity contribution in [3.63, 3.8) is 0 Å². The van der Waals surface area contributed by atoms with Gasteiger partial charge in [0.1, 0.15) is 23.3 Å². The van der Waals surface area contributed by atoms with Crippen molar-refractivity contribution >= 4 is 17.6 Å². The molecule has 7 heteroatoms. The molecule has 0 amide bonds. The van der Waals surface area contributed by atoms with E-state index in [0.717, 1.165) is 5.56 Å². The Morgan fingerprint density at radius 1 is 1.53 bits per heavy atom. The van der Waals surface area contributed by atoms with E-state index < -0.39 is 0 Å². The molecule has 102 valence electrons.